The van der Waals surface area contributed by atoms with E-state index >= 15 is 0 Å². The summed E-state index contributed by atoms with van der Waals surface area (Å²) in [7, 11) is 0. The van der Waals surface area contributed by atoms with Gasteiger partial charge in [0.05, 0.1) is 11.5 Å². The van der Waals surface area contributed by atoms with Crippen molar-refractivity contribution in [2.75, 3.05) is 6.54 Å². The third-order valence-corrected chi connectivity index (χ3v) is 3.79. The van der Waals surface area contributed by atoms with Gasteiger partial charge >= 0.3 is 0 Å². The average molecular weight is 198 g/mol. The molecule has 1 aliphatic carbocycles. The zero-order chi connectivity index (χ0) is 10.3. The Kier molecular flexibility index (Phi) is 1.83. The standard InChI is InChI=1S/C13H14N2/c14-9-13-5-6-15-11(8-13)7-10-3-1-2-4-12(10)13/h1-4,11,15H,5-8H2. The number of hydrogen-bond acceptors (Lipinski definition) is 2. The molecule has 2 heteroatoms. The molecular weight excluding hydrogens is 184 g/mol. The van der Waals surface area contributed by atoms with Gasteiger partial charge in [-0.05, 0) is 36.9 Å². The summed E-state index contributed by atoms with van der Waals surface area (Å²) >= 11 is 0. The van der Waals surface area contributed by atoms with Crippen LogP contribution in [0, 0.1) is 11.3 Å². The normalized spacial score (nSPS) is 32.9. The van der Waals surface area contributed by atoms with Gasteiger partial charge in [0, 0.05) is 6.04 Å². The maximum absolute atomic E-state index is 9.46. The minimum absolute atomic E-state index is 0.204. The fourth-order valence-corrected chi connectivity index (χ4v) is 3.07. The van der Waals surface area contributed by atoms with Crippen LogP contribution in [-0.2, 0) is 11.8 Å². The number of fused-ring (bicyclic) bond motifs is 4. The maximum atomic E-state index is 9.46. The van der Waals surface area contributed by atoms with Crippen molar-refractivity contribution >= 4 is 0 Å². The predicted molar refractivity (Wildman–Crippen MR) is 58.5 cm³/mol. The van der Waals surface area contributed by atoms with Crippen molar-refractivity contribution < 1.29 is 0 Å². The lowest BCUT2D eigenvalue weighted by Gasteiger charge is -2.42. The second-order valence-corrected chi connectivity index (χ2v) is 4.66. The first kappa shape index (κ1) is 8.94. The predicted octanol–water partition coefficient (Wildman–Crippen LogP) is 1.76. The molecule has 2 bridgehead atoms. The van der Waals surface area contributed by atoms with E-state index < -0.39 is 0 Å². The smallest absolute Gasteiger partial charge is 0.0852 e. The van der Waals surface area contributed by atoms with Crippen LogP contribution in [0.15, 0.2) is 24.3 Å². The number of rotatable bonds is 0. The van der Waals surface area contributed by atoms with Crippen molar-refractivity contribution in [2.45, 2.75) is 30.7 Å². The molecule has 76 valence electrons. The molecule has 15 heavy (non-hydrogen) atoms. The molecule has 1 heterocycles. The van der Waals surface area contributed by atoms with E-state index in [0.717, 1.165) is 25.8 Å². The summed E-state index contributed by atoms with van der Waals surface area (Å²) in [6.07, 6.45) is 3.02. The molecule has 2 aliphatic rings. The summed E-state index contributed by atoms with van der Waals surface area (Å²) in [6.45, 7) is 0.979. The average Bonchev–Trinajstić information content (AvgIpc) is 2.29. The van der Waals surface area contributed by atoms with Gasteiger partial charge < -0.3 is 5.32 Å². The molecule has 0 spiro atoms. The molecule has 1 aromatic rings. The highest BCUT2D eigenvalue weighted by molar-refractivity contribution is 5.43. The Labute approximate surface area is 89.9 Å². The van der Waals surface area contributed by atoms with Crippen LogP contribution >= 0.6 is 0 Å². The van der Waals surface area contributed by atoms with Gasteiger partial charge in [0.1, 0.15) is 0 Å². The van der Waals surface area contributed by atoms with Crippen LogP contribution in [0.2, 0.25) is 0 Å². The molecule has 0 saturated carbocycles. The van der Waals surface area contributed by atoms with Crippen molar-refractivity contribution in [3.8, 4) is 6.07 Å². The van der Waals surface area contributed by atoms with Crippen LogP contribution < -0.4 is 5.32 Å². The third kappa shape index (κ3) is 1.20. The summed E-state index contributed by atoms with van der Waals surface area (Å²) in [4.78, 5) is 0. The zero-order valence-corrected chi connectivity index (χ0v) is 8.66. The van der Waals surface area contributed by atoms with Crippen LogP contribution in [0.1, 0.15) is 24.0 Å². The number of nitrogens with zero attached hydrogens (tertiary/aromatic N) is 1. The zero-order valence-electron chi connectivity index (χ0n) is 8.66. The van der Waals surface area contributed by atoms with E-state index in [0.29, 0.717) is 6.04 Å². The van der Waals surface area contributed by atoms with E-state index in [9.17, 15) is 5.26 Å². The van der Waals surface area contributed by atoms with Gasteiger partial charge in [-0.2, -0.15) is 5.26 Å². The van der Waals surface area contributed by atoms with Crippen LogP contribution in [0.5, 0.6) is 0 Å². The van der Waals surface area contributed by atoms with Gasteiger partial charge in [0.25, 0.3) is 0 Å². The van der Waals surface area contributed by atoms with Gasteiger partial charge in [-0.15, -0.1) is 0 Å². The molecule has 1 fully saturated rings. The largest absolute Gasteiger partial charge is 0.314 e. The quantitative estimate of drug-likeness (QED) is 0.689. The lowest BCUT2D eigenvalue weighted by molar-refractivity contribution is 0.283. The third-order valence-electron chi connectivity index (χ3n) is 3.79. The first-order chi connectivity index (χ1) is 7.34. The van der Waals surface area contributed by atoms with Gasteiger partial charge in [0.15, 0.2) is 0 Å². The number of nitrogens with one attached hydrogen (secondary N) is 1. The molecule has 1 aromatic carbocycles. The van der Waals surface area contributed by atoms with Gasteiger partial charge in [-0.3, -0.25) is 0 Å². The molecule has 1 N–H and O–H groups in total. The SMILES string of the molecule is N#CC12CCNC(Cc3ccccc31)C2. The molecule has 2 nitrogen and oxygen atoms in total. The molecular formula is C13H14N2. The Morgan fingerprint density at radius 3 is 3.13 bits per heavy atom. The minimum atomic E-state index is -0.204. The Morgan fingerprint density at radius 2 is 2.27 bits per heavy atom. The fourth-order valence-electron chi connectivity index (χ4n) is 3.07. The van der Waals surface area contributed by atoms with Crippen molar-refractivity contribution in [2.24, 2.45) is 0 Å². The highest BCUT2D eigenvalue weighted by atomic mass is 14.9. The van der Waals surface area contributed by atoms with E-state index in [1.54, 1.807) is 0 Å². The first-order valence-corrected chi connectivity index (χ1v) is 5.57. The minimum Gasteiger partial charge on any atom is -0.314 e. The summed E-state index contributed by atoms with van der Waals surface area (Å²) < 4.78 is 0. The Balaban J connectivity index is 2.18. The van der Waals surface area contributed by atoms with E-state index in [1.807, 2.05) is 0 Å². The molecule has 0 radical (unpaired) electrons. The molecule has 1 aliphatic heterocycles. The highest BCUT2D eigenvalue weighted by Crippen LogP contribution is 2.41. The number of nitriles is 1. The van der Waals surface area contributed by atoms with Gasteiger partial charge in [0.2, 0.25) is 0 Å². The fraction of sp³-hybridized carbons (Fsp3) is 0.462. The van der Waals surface area contributed by atoms with Crippen LogP contribution in [0.4, 0.5) is 0 Å². The van der Waals surface area contributed by atoms with E-state index in [-0.39, 0.29) is 5.41 Å². The van der Waals surface area contributed by atoms with Crippen molar-refractivity contribution in [3.05, 3.63) is 35.4 Å². The summed E-state index contributed by atoms with van der Waals surface area (Å²) in [5, 5.41) is 13.0. The lowest BCUT2D eigenvalue weighted by Crippen LogP contribution is -2.50. The lowest BCUT2D eigenvalue weighted by atomic mass is 9.65. The Morgan fingerprint density at radius 1 is 1.40 bits per heavy atom. The molecule has 0 aromatic heterocycles. The number of piperidine rings is 1. The van der Waals surface area contributed by atoms with E-state index in [2.05, 4.69) is 35.7 Å². The van der Waals surface area contributed by atoms with Crippen molar-refractivity contribution in [1.82, 2.24) is 5.32 Å². The number of hydrogen-bond donors (Lipinski definition) is 1. The second-order valence-electron chi connectivity index (χ2n) is 4.66. The number of benzene rings is 1. The second kappa shape index (κ2) is 3.08. The van der Waals surface area contributed by atoms with Crippen molar-refractivity contribution in [3.63, 3.8) is 0 Å². The Bertz CT molecular complexity index is 432. The van der Waals surface area contributed by atoms with Gasteiger partial charge in [-0.25, -0.2) is 0 Å². The molecule has 2 unspecified atom stereocenters. The van der Waals surface area contributed by atoms with E-state index in [4.69, 9.17) is 0 Å². The molecule has 3 rings (SSSR count). The van der Waals surface area contributed by atoms with Crippen molar-refractivity contribution in [1.29, 1.82) is 5.26 Å². The molecule has 2 atom stereocenters. The topological polar surface area (TPSA) is 35.8 Å². The maximum Gasteiger partial charge on any atom is 0.0852 e. The summed E-state index contributed by atoms with van der Waals surface area (Å²) in [5.41, 5.74) is 2.44. The monoisotopic (exact) mass is 198 g/mol. The van der Waals surface area contributed by atoms with Crippen LogP contribution in [0.3, 0.4) is 0 Å². The van der Waals surface area contributed by atoms with Crippen LogP contribution in [0.25, 0.3) is 0 Å². The van der Waals surface area contributed by atoms with E-state index in [1.165, 1.54) is 11.1 Å². The molecule has 1 saturated heterocycles. The van der Waals surface area contributed by atoms with Crippen LogP contribution in [-0.4, -0.2) is 12.6 Å². The first-order valence-electron chi connectivity index (χ1n) is 5.57. The summed E-state index contributed by atoms with van der Waals surface area (Å²) in [6, 6.07) is 11.5. The highest BCUT2D eigenvalue weighted by Gasteiger charge is 2.42. The summed E-state index contributed by atoms with van der Waals surface area (Å²) in [5.74, 6) is 0. The van der Waals surface area contributed by atoms with Gasteiger partial charge in [-0.1, -0.05) is 24.3 Å². The Hall–Kier alpha value is -1.33. The molecule has 0 amide bonds.